The molecule has 29 heavy (non-hydrogen) atoms. The summed E-state index contributed by atoms with van der Waals surface area (Å²) in [6.07, 6.45) is 0. The molecule has 0 unspecified atom stereocenters. The zero-order valence-electron chi connectivity index (χ0n) is 16.1. The molecule has 2 aromatic carbocycles. The molecule has 4 rings (SSSR count). The van der Waals surface area contributed by atoms with Crippen LogP contribution < -0.4 is 14.8 Å². The summed E-state index contributed by atoms with van der Waals surface area (Å²) in [7, 11) is 0. The molecule has 0 aliphatic carbocycles. The van der Waals surface area contributed by atoms with Crippen LogP contribution in [0.25, 0.3) is 0 Å². The van der Waals surface area contributed by atoms with Gasteiger partial charge in [0.1, 0.15) is 19.8 Å². The fourth-order valence-corrected chi connectivity index (χ4v) is 4.09. The predicted molar refractivity (Wildman–Crippen MR) is 113 cm³/mol. The Kier molecular flexibility index (Phi) is 5.69. The second-order valence-electron chi connectivity index (χ2n) is 6.60. The van der Waals surface area contributed by atoms with Gasteiger partial charge in [0.05, 0.1) is 22.1 Å². The molecule has 0 fully saturated rings. The molecule has 1 aliphatic rings. The van der Waals surface area contributed by atoms with Gasteiger partial charge in [0, 0.05) is 21.9 Å². The number of fused-ring (bicyclic) bond motifs is 1. The molecule has 0 radical (unpaired) electrons. The molecular formula is C21H20ClN3O3S. The van der Waals surface area contributed by atoms with Crippen molar-refractivity contribution >= 4 is 35.0 Å². The van der Waals surface area contributed by atoms with Crippen LogP contribution in [0.15, 0.2) is 52.3 Å². The van der Waals surface area contributed by atoms with Crippen molar-refractivity contribution in [2.45, 2.75) is 30.2 Å². The lowest BCUT2D eigenvalue weighted by Gasteiger charge is -2.21. The van der Waals surface area contributed by atoms with E-state index in [-0.39, 0.29) is 12.5 Å². The van der Waals surface area contributed by atoms with Crippen LogP contribution in [0.2, 0.25) is 5.02 Å². The summed E-state index contributed by atoms with van der Waals surface area (Å²) in [6.45, 7) is 4.72. The number of aryl methyl sites for hydroxylation is 1. The maximum absolute atomic E-state index is 12.7. The highest BCUT2D eigenvalue weighted by atomic mass is 35.5. The van der Waals surface area contributed by atoms with Crippen LogP contribution in [0.1, 0.15) is 11.4 Å². The number of nitrogens with zero attached hydrogens (tertiary/aromatic N) is 2. The van der Waals surface area contributed by atoms with Crippen LogP contribution in [0.5, 0.6) is 11.5 Å². The van der Waals surface area contributed by atoms with Gasteiger partial charge in [-0.15, -0.1) is 0 Å². The van der Waals surface area contributed by atoms with Crippen LogP contribution in [0, 0.1) is 13.8 Å². The van der Waals surface area contributed by atoms with E-state index in [0.29, 0.717) is 41.1 Å². The normalized spacial score (nSPS) is 12.7. The number of amides is 1. The predicted octanol–water partition coefficient (Wildman–Crippen LogP) is 4.71. The van der Waals surface area contributed by atoms with Crippen molar-refractivity contribution in [2.75, 3.05) is 18.5 Å². The van der Waals surface area contributed by atoms with Crippen molar-refractivity contribution in [1.82, 2.24) is 9.78 Å². The van der Waals surface area contributed by atoms with E-state index in [0.717, 1.165) is 15.5 Å². The van der Waals surface area contributed by atoms with Gasteiger partial charge in [-0.25, -0.2) is 0 Å². The number of carbonyl (C=O) groups is 1. The summed E-state index contributed by atoms with van der Waals surface area (Å²) < 4.78 is 13.0. The minimum atomic E-state index is -0.196. The van der Waals surface area contributed by atoms with Gasteiger partial charge < -0.3 is 14.8 Å². The molecule has 150 valence electrons. The fourth-order valence-electron chi connectivity index (χ4n) is 3.02. The fraction of sp³-hybridized carbons (Fsp3) is 0.238. The highest BCUT2D eigenvalue weighted by Gasteiger charge is 2.19. The topological polar surface area (TPSA) is 65.4 Å². The van der Waals surface area contributed by atoms with Crippen LogP contribution >= 0.6 is 23.4 Å². The summed E-state index contributed by atoms with van der Waals surface area (Å²) >= 11 is 7.74. The van der Waals surface area contributed by atoms with E-state index in [1.54, 1.807) is 16.4 Å². The van der Waals surface area contributed by atoms with Gasteiger partial charge in [-0.2, -0.15) is 5.10 Å². The molecular weight excluding hydrogens is 410 g/mol. The van der Waals surface area contributed by atoms with Crippen molar-refractivity contribution in [2.24, 2.45) is 0 Å². The Balaban J connectivity index is 1.60. The maximum atomic E-state index is 12.7. The first-order valence-electron chi connectivity index (χ1n) is 9.17. The van der Waals surface area contributed by atoms with Gasteiger partial charge in [0.2, 0.25) is 5.91 Å². The first-order chi connectivity index (χ1) is 14.0. The zero-order chi connectivity index (χ0) is 20.4. The number of benzene rings is 2. The van der Waals surface area contributed by atoms with Gasteiger partial charge in [-0.1, -0.05) is 41.6 Å². The quantitative estimate of drug-likeness (QED) is 0.636. The number of hydrogen-bond donors (Lipinski definition) is 1. The third-order valence-corrected chi connectivity index (χ3v) is 6.09. The Morgan fingerprint density at radius 1 is 1.17 bits per heavy atom. The Bertz CT molecular complexity index is 1050. The molecule has 1 amide bonds. The molecule has 8 heteroatoms. The van der Waals surface area contributed by atoms with E-state index in [2.05, 4.69) is 10.4 Å². The maximum Gasteiger partial charge on any atom is 0.246 e. The third-order valence-electron chi connectivity index (χ3n) is 4.48. The summed E-state index contributed by atoms with van der Waals surface area (Å²) in [5.41, 5.74) is 2.14. The van der Waals surface area contributed by atoms with E-state index in [4.69, 9.17) is 21.1 Å². The number of anilines is 1. The summed E-state index contributed by atoms with van der Waals surface area (Å²) in [4.78, 5) is 14.7. The lowest BCUT2D eigenvalue weighted by molar-refractivity contribution is -0.117. The third kappa shape index (κ3) is 4.36. The highest BCUT2D eigenvalue weighted by Crippen LogP contribution is 2.42. The first kappa shape index (κ1) is 19.7. The van der Waals surface area contributed by atoms with Crippen molar-refractivity contribution in [3.05, 3.63) is 58.9 Å². The molecule has 0 saturated carbocycles. The number of hydrogen-bond acceptors (Lipinski definition) is 5. The van der Waals surface area contributed by atoms with Crippen molar-refractivity contribution < 1.29 is 14.3 Å². The average molecular weight is 430 g/mol. The number of rotatable bonds is 5. The number of halogens is 1. The van der Waals surface area contributed by atoms with Crippen LogP contribution in [0.3, 0.4) is 0 Å². The number of aromatic nitrogens is 2. The lowest BCUT2D eigenvalue weighted by Crippen LogP contribution is -2.21. The van der Waals surface area contributed by atoms with Gasteiger partial charge in [-0.05, 0) is 26.0 Å². The molecule has 0 saturated heterocycles. The van der Waals surface area contributed by atoms with E-state index in [9.17, 15) is 4.79 Å². The van der Waals surface area contributed by atoms with E-state index < -0.39 is 0 Å². The smallest absolute Gasteiger partial charge is 0.246 e. The molecule has 6 nitrogen and oxygen atoms in total. The van der Waals surface area contributed by atoms with Crippen LogP contribution in [-0.2, 0) is 11.3 Å². The van der Waals surface area contributed by atoms with Crippen LogP contribution in [-0.4, -0.2) is 28.9 Å². The molecule has 1 aromatic heterocycles. The van der Waals surface area contributed by atoms with Gasteiger partial charge >= 0.3 is 0 Å². The Hall–Kier alpha value is -2.64. The standard InChI is InChI=1S/C21H20ClN3O3S/c1-13-21(22)14(2)25(24-13)12-20(26)23-16-10-17-18(28-9-8-27-17)11-19(16)29-15-6-4-3-5-7-15/h3-7,10-11H,8-9,12H2,1-2H3,(H,23,26). The molecule has 1 aliphatic heterocycles. The Labute approximate surface area is 178 Å². The van der Waals surface area contributed by atoms with Crippen molar-refractivity contribution in [3.63, 3.8) is 0 Å². The van der Waals surface area contributed by atoms with Crippen molar-refractivity contribution in [1.29, 1.82) is 0 Å². The monoisotopic (exact) mass is 429 g/mol. The summed E-state index contributed by atoms with van der Waals surface area (Å²) in [5, 5.41) is 7.89. The Morgan fingerprint density at radius 2 is 1.86 bits per heavy atom. The molecule has 3 aromatic rings. The van der Waals surface area contributed by atoms with Gasteiger partial charge in [0.15, 0.2) is 11.5 Å². The van der Waals surface area contributed by atoms with Gasteiger partial charge in [0.25, 0.3) is 0 Å². The highest BCUT2D eigenvalue weighted by molar-refractivity contribution is 7.99. The molecule has 0 bridgehead atoms. The van der Waals surface area contributed by atoms with Crippen molar-refractivity contribution in [3.8, 4) is 11.5 Å². The number of ether oxygens (including phenoxy) is 2. The number of nitrogens with one attached hydrogen (secondary N) is 1. The largest absolute Gasteiger partial charge is 0.486 e. The second-order valence-corrected chi connectivity index (χ2v) is 8.09. The Morgan fingerprint density at radius 3 is 2.52 bits per heavy atom. The van der Waals surface area contributed by atoms with Crippen LogP contribution in [0.4, 0.5) is 5.69 Å². The molecule has 2 heterocycles. The minimum absolute atomic E-state index is 0.0727. The second kappa shape index (κ2) is 8.39. The zero-order valence-corrected chi connectivity index (χ0v) is 17.6. The first-order valence-corrected chi connectivity index (χ1v) is 10.4. The average Bonchev–Trinajstić information content (AvgIpc) is 2.95. The number of carbonyl (C=O) groups excluding carboxylic acids is 1. The lowest BCUT2D eigenvalue weighted by atomic mass is 10.2. The van der Waals surface area contributed by atoms with E-state index >= 15 is 0 Å². The van der Waals surface area contributed by atoms with E-state index in [1.165, 1.54) is 0 Å². The molecule has 1 N–H and O–H groups in total. The van der Waals surface area contributed by atoms with Gasteiger partial charge in [-0.3, -0.25) is 9.48 Å². The minimum Gasteiger partial charge on any atom is -0.486 e. The van der Waals surface area contributed by atoms with E-state index in [1.807, 2.05) is 56.3 Å². The molecule has 0 spiro atoms. The summed E-state index contributed by atoms with van der Waals surface area (Å²) in [6, 6.07) is 13.7. The molecule has 0 atom stereocenters. The summed E-state index contributed by atoms with van der Waals surface area (Å²) in [5.74, 6) is 1.11. The SMILES string of the molecule is Cc1nn(CC(=O)Nc2cc3c(cc2Sc2ccccc2)OCCO3)c(C)c1Cl.